The number of hydrogen-bond donors (Lipinski definition) is 1. The van der Waals surface area contributed by atoms with E-state index in [2.05, 4.69) is 11.9 Å². The Morgan fingerprint density at radius 1 is 1.05 bits per heavy atom. The molecule has 0 saturated carbocycles. The van der Waals surface area contributed by atoms with E-state index in [-0.39, 0.29) is 12.2 Å². The van der Waals surface area contributed by atoms with Gasteiger partial charge < -0.3 is 10.1 Å². The zero-order valence-electron chi connectivity index (χ0n) is 11.2. The summed E-state index contributed by atoms with van der Waals surface area (Å²) in [6, 6.07) is 9.20. The monoisotopic (exact) mass is 293 g/mol. The normalized spacial score (nSPS) is 10.2. The van der Waals surface area contributed by atoms with Gasteiger partial charge in [-0.1, -0.05) is 30.9 Å². The molecule has 0 radical (unpaired) electrons. The molecule has 0 atom stereocenters. The molecule has 0 heterocycles. The molecule has 0 fully saturated rings. The number of halogens is 3. The van der Waals surface area contributed by atoms with Crippen molar-refractivity contribution in [2.75, 3.05) is 11.9 Å². The minimum Gasteiger partial charge on any atom is -0.489 e. The second-order valence-electron chi connectivity index (χ2n) is 4.28. The van der Waals surface area contributed by atoms with Gasteiger partial charge in [0.25, 0.3) is 0 Å². The van der Waals surface area contributed by atoms with Crippen molar-refractivity contribution >= 4 is 5.69 Å². The van der Waals surface area contributed by atoms with Crippen LogP contribution in [0, 0.1) is 17.5 Å². The summed E-state index contributed by atoms with van der Waals surface area (Å²) >= 11 is 0. The van der Waals surface area contributed by atoms with Crippen molar-refractivity contribution in [1.29, 1.82) is 0 Å². The Bertz CT molecular complexity index is 643. The molecule has 0 amide bonds. The van der Waals surface area contributed by atoms with Crippen LogP contribution >= 0.6 is 0 Å². The van der Waals surface area contributed by atoms with Crippen molar-refractivity contribution in [2.45, 2.75) is 6.54 Å². The standard InChI is InChI=1S/C16H14F3NO/c1-2-9-21-14-6-4-3-5-11(14)10-20-13-8-7-12(17)15(18)16(13)19/h2-8,20H,1,9-10H2. The maximum atomic E-state index is 13.5. The summed E-state index contributed by atoms with van der Waals surface area (Å²) in [6.45, 7) is 4.12. The SMILES string of the molecule is C=CCOc1ccccc1CNc1ccc(F)c(F)c1F. The number of hydrogen-bond acceptors (Lipinski definition) is 2. The smallest absolute Gasteiger partial charge is 0.196 e. The van der Waals surface area contributed by atoms with E-state index < -0.39 is 17.5 Å². The lowest BCUT2D eigenvalue weighted by molar-refractivity contribution is 0.359. The molecule has 1 N–H and O–H groups in total. The minimum atomic E-state index is -1.49. The van der Waals surface area contributed by atoms with E-state index in [0.717, 1.165) is 17.7 Å². The Morgan fingerprint density at radius 3 is 2.57 bits per heavy atom. The minimum absolute atomic E-state index is 0.104. The predicted molar refractivity (Wildman–Crippen MR) is 75.8 cm³/mol. The van der Waals surface area contributed by atoms with Crippen molar-refractivity contribution in [3.63, 3.8) is 0 Å². The molecule has 0 aliphatic heterocycles. The maximum absolute atomic E-state index is 13.5. The molecule has 2 nitrogen and oxygen atoms in total. The lowest BCUT2D eigenvalue weighted by Crippen LogP contribution is -2.06. The summed E-state index contributed by atoms with van der Waals surface area (Å²) in [5.41, 5.74) is 0.663. The molecule has 0 aliphatic rings. The molecule has 5 heteroatoms. The van der Waals surface area contributed by atoms with Crippen LogP contribution in [0.25, 0.3) is 0 Å². The molecule has 0 spiro atoms. The van der Waals surface area contributed by atoms with Crippen molar-refractivity contribution in [1.82, 2.24) is 0 Å². The number of rotatable bonds is 6. The highest BCUT2D eigenvalue weighted by molar-refractivity contribution is 5.47. The van der Waals surface area contributed by atoms with Crippen molar-refractivity contribution in [2.24, 2.45) is 0 Å². The van der Waals surface area contributed by atoms with Gasteiger partial charge in [0.05, 0.1) is 5.69 Å². The Kier molecular flexibility index (Phi) is 4.87. The van der Waals surface area contributed by atoms with E-state index in [1.54, 1.807) is 30.3 Å². The Morgan fingerprint density at radius 2 is 1.81 bits per heavy atom. The predicted octanol–water partition coefficient (Wildman–Crippen LogP) is 4.28. The summed E-state index contributed by atoms with van der Waals surface area (Å²) in [6.07, 6.45) is 1.61. The highest BCUT2D eigenvalue weighted by Crippen LogP contribution is 2.23. The highest BCUT2D eigenvalue weighted by atomic mass is 19.2. The Balaban J connectivity index is 2.13. The number of para-hydroxylation sites is 1. The summed E-state index contributed by atoms with van der Waals surface area (Å²) in [5.74, 6) is -3.32. The van der Waals surface area contributed by atoms with Crippen molar-refractivity contribution in [3.8, 4) is 5.75 Å². The molecule has 21 heavy (non-hydrogen) atoms. The van der Waals surface area contributed by atoms with Crippen LogP contribution in [0.4, 0.5) is 18.9 Å². The number of anilines is 1. The van der Waals surface area contributed by atoms with Crippen molar-refractivity contribution in [3.05, 3.63) is 72.1 Å². The van der Waals surface area contributed by atoms with E-state index in [1.165, 1.54) is 0 Å². The summed E-state index contributed by atoms with van der Waals surface area (Å²) in [7, 11) is 0. The molecular formula is C16H14F3NO. The third-order valence-electron chi connectivity index (χ3n) is 2.83. The van der Waals surface area contributed by atoms with E-state index in [0.29, 0.717) is 12.4 Å². The van der Waals surface area contributed by atoms with E-state index >= 15 is 0 Å². The van der Waals surface area contributed by atoms with Gasteiger partial charge in [0, 0.05) is 12.1 Å². The number of nitrogens with one attached hydrogen (secondary N) is 1. The van der Waals surface area contributed by atoms with Gasteiger partial charge >= 0.3 is 0 Å². The first-order chi connectivity index (χ1) is 10.1. The van der Waals surface area contributed by atoms with Gasteiger partial charge in [0.15, 0.2) is 17.5 Å². The average Bonchev–Trinajstić information content (AvgIpc) is 2.51. The van der Waals surface area contributed by atoms with Crippen LogP contribution in [0.2, 0.25) is 0 Å². The highest BCUT2D eigenvalue weighted by Gasteiger charge is 2.13. The van der Waals surface area contributed by atoms with Crippen molar-refractivity contribution < 1.29 is 17.9 Å². The topological polar surface area (TPSA) is 21.3 Å². The Labute approximate surface area is 120 Å². The lowest BCUT2D eigenvalue weighted by Gasteiger charge is -2.12. The van der Waals surface area contributed by atoms with Crippen LogP contribution < -0.4 is 10.1 Å². The molecule has 0 aromatic heterocycles. The van der Waals surface area contributed by atoms with Crippen LogP contribution in [0.3, 0.4) is 0 Å². The quantitative estimate of drug-likeness (QED) is 0.634. The fourth-order valence-corrected chi connectivity index (χ4v) is 1.79. The molecular weight excluding hydrogens is 279 g/mol. The van der Waals surface area contributed by atoms with E-state index in [1.807, 2.05) is 0 Å². The summed E-state index contributed by atoms with van der Waals surface area (Å²) in [4.78, 5) is 0. The first-order valence-corrected chi connectivity index (χ1v) is 6.32. The van der Waals surface area contributed by atoms with Gasteiger partial charge in [-0.3, -0.25) is 0 Å². The zero-order valence-corrected chi connectivity index (χ0v) is 11.2. The van der Waals surface area contributed by atoms with Gasteiger partial charge in [-0.05, 0) is 18.2 Å². The van der Waals surface area contributed by atoms with Gasteiger partial charge in [-0.25, -0.2) is 13.2 Å². The number of ether oxygens (including phenoxy) is 1. The molecule has 0 saturated heterocycles. The van der Waals surface area contributed by atoms with Crippen LogP contribution in [0.5, 0.6) is 5.75 Å². The van der Waals surface area contributed by atoms with Crippen LogP contribution in [0.15, 0.2) is 49.1 Å². The molecule has 0 bridgehead atoms. The van der Waals surface area contributed by atoms with Crippen LogP contribution in [0.1, 0.15) is 5.56 Å². The molecule has 0 aliphatic carbocycles. The second-order valence-corrected chi connectivity index (χ2v) is 4.28. The Hall–Kier alpha value is -2.43. The van der Waals surface area contributed by atoms with Crippen LogP contribution in [-0.2, 0) is 6.54 Å². The zero-order chi connectivity index (χ0) is 15.2. The fraction of sp³-hybridized carbons (Fsp3) is 0.125. The second kappa shape index (κ2) is 6.83. The van der Waals surface area contributed by atoms with Crippen LogP contribution in [-0.4, -0.2) is 6.61 Å². The third-order valence-corrected chi connectivity index (χ3v) is 2.83. The molecule has 2 aromatic rings. The van der Waals surface area contributed by atoms with E-state index in [9.17, 15) is 13.2 Å². The summed E-state index contributed by atoms with van der Waals surface area (Å²) in [5, 5.41) is 2.73. The van der Waals surface area contributed by atoms with Gasteiger partial charge in [0.2, 0.25) is 0 Å². The first-order valence-electron chi connectivity index (χ1n) is 6.32. The molecule has 0 unspecified atom stereocenters. The molecule has 110 valence electrons. The van der Waals surface area contributed by atoms with Gasteiger partial charge in [0.1, 0.15) is 12.4 Å². The largest absolute Gasteiger partial charge is 0.489 e. The first kappa shape index (κ1) is 15.0. The fourth-order valence-electron chi connectivity index (χ4n) is 1.79. The third kappa shape index (κ3) is 3.56. The van der Waals surface area contributed by atoms with Gasteiger partial charge in [-0.15, -0.1) is 0 Å². The van der Waals surface area contributed by atoms with Gasteiger partial charge in [-0.2, -0.15) is 0 Å². The molecule has 2 aromatic carbocycles. The average molecular weight is 293 g/mol. The summed E-state index contributed by atoms with van der Waals surface area (Å²) < 4.78 is 45.0. The number of benzene rings is 2. The molecule has 2 rings (SSSR count). The lowest BCUT2D eigenvalue weighted by atomic mass is 10.2. The maximum Gasteiger partial charge on any atom is 0.196 e. The van der Waals surface area contributed by atoms with E-state index in [4.69, 9.17) is 4.74 Å².